The van der Waals surface area contributed by atoms with Gasteiger partial charge in [0, 0.05) is 22.1 Å². The number of esters is 1. The Morgan fingerprint density at radius 2 is 1.46 bits per heavy atom. The van der Waals surface area contributed by atoms with E-state index in [1.54, 1.807) is 24.1 Å². The van der Waals surface area contributed by atoms with E-state index in [2.05, 4.69) is 0 Å². The van der Waals surface area contributed by atoms with Gasteiger partial charge in [-0.15, -0.1) is 0 Å². The standard InChI is InChI=1S/C35H34ClNO4/c1-35(2,3)41-34(39)30-22-28(23-12-6-5-7-13-23)32(27-15-8-10-16-29(27)36)37(30)33(38)25-20-18-24(19-21-25)26-14-9-11-17-31(26)40-4/h5-21,28,30,32H,22H2,1-4H3/t28-,30+,32+/m1/s1. The SMILES string of the molecule is COc1ccccc1-c1ccc(C(=O)N2[C@H](C(=O)OC(C)(C)C)C[C@H](c3ccccc3)[C@@H]2c2ccccc2Cl)cc1. The van der Waals surface area contributed by atoms with Gasteiger partial charge in [0.25, 0.3) is 5.91 Å². The largest absolute Gasteiger partial charge is 0.496 e. The van der Waals surface area contributed by atoms with E-state index in [0.29, 0.717) is 17.0 Å². The fourth-order valence-electron chi connectivity index (χ4n) is 5.64. The molecular weight excluding hydrogens is 534 g/mol. The van der Waals surface area contributed by atoms with Gasteiger partial charge in [0.2, 0.25) is 0 Å². The highest BCUT2D eigenvalue weighted by Gasteiger charge is 2.50. The van der Waals surface area contributed by atoms with Crippen molar-refractivity contribution in [1.29, 1.82) is 0 Å². The van der Waals surface area contributed by atoms with Crippen molar-refractivity contribution in [3.63, 3.8) is 0 Å². The van der Waals surface area contributed by atoms with Gasteiger partial charge in [-0.3, -0.25) is 4.79 Å². The van der Waals surface area contributed by atoms with Gasteiger partial charge < -0.3 is 14.4 Å². The van der Waals surface area contributed by atoms with Gasteiger partial charge in [-0.05, 0) is 68.1 Å². The molecule has 0 saturated carbocycles. The third kappa shape index (κ3) is 6.01. The van der Waals surface area contributed by atoms with Gasteiger partial charge in [0.15, 0.2) is 0 Å². The molecule has 1 aliphatic rings. The average Bonchev–Trinajstić information content (AvgIpc) is 3.37. The van der Waals surface area contributed by atoms with Crippen molar-refractivity contribution in [1.82, 2.24) is 4.90 Å². The number of rotatable bonds is 6. The number of hydrogen-bond donors (Lipinski definition) is 0. The van der Waals surface area contributed by atoms with Crippen LogP contribution >= 0.6 is 11.6 Å². The topological polar surface area (TPSA) is 55.8 Å². The lowest BCUT2D eigenvalue weighted by molar-refractivity contribution is -0.159. The van der Waals surface area contributed by atoms with E-state index in [1.165, 1.54) is 0 Å². The average molecular weight is 568 g/mol. The number of methoxy groups -OCH3 is 1. The molecule has 1 amide bonds. The molecule has 210 valence electrons. The fraction of sp³-hybridized carbons (Fsp3) is 0.257. The van der Waals surface area contributed by atoms with Crippen LogP contribution in [0.15, 0.2) is 103 Å². The number of halogens is 1. The molecule has 0 spiro atoms. The quantitative estimate of drug-likeness (QED) is 0.221. The van der Waals surface area contributed by atoms with Crippen LogP contribution in [0.5, 0.6) is 5.75 Å². The molecule has 5 nitrogen and oxygen atoms in total. The number of para-hydroxylation sites is 1. The minimum atomic E-state index is -0.790. The molecule has 41 heavy (non-hydrogen) atoms. The maximum Gasteiger partial charge on any atom is 0.329 e. The van der Waals surface area contributed by atoms with Crippen LogP contribution < -0.4 is 4.74 Å². The smallest absolute Gasteiger partial charge is 0.329 e. The Balaban J connectivity index is 1.60. The number of carbonyl (C=O) groups is 2. The van der Waals surface area contributed by atoms with Crippen molar-refractivity contribution in [2.24, 2.45) is 0 Å². The summed E-state index contributed by atoms with van der Waals surface area (Å²) in [7, 11) is 1.64. The Bertz CT molecular complexity index is 1530. The molecule has 0 bridgehead atoms. The maximum absolute atomic E-state index is 14.4. The van der Waals surface area contributed by atoms with E-state index in [-0.39, 0.29) is 11.8 Å². The molecular formula is C35H34ClNO4. The third-order valence-electron chi connectivity index (χ3n) is 7.41. The van der Waals surface area contributed by atoms with Crippen LogP contribution in [0.1, 0.15) is 60.6 Å². The Hall–Kier alpha value is -4.09. The first-order valence-corrected chi connectivity index (χ1v) is 14.1. The minimum absolute atomic E-state index is 0.162. The molecule has 0 aliphatic carbocycles. The summed E-state index contributed by atoms with van der Waals surface area (Å²) in [6.07, 6.45) is 0.417. The third-order valence-corrected chi connectivity index (χ3v) is 7.75. The van der Waals surface area contributed by atoms with Crippen LogP contribution in [0.2, 0.25) is 5.02 Å². The summed E-state index contributed by atoms with van der Waals surface area (Å²) in [4.78, 5) is 29.8. The first-order valence-electron chi connectivity index (χ1n) is 13.8. The predicted molar refractivity (Wildman–Crippen MR) is 162 cm³/mol. The zero-order valence-electron chi connectivity index (χ0n) is 23.7. The lowest BCUT2D eigenvalue weighted by Gasteiger charge is -2.33. The molecule has 6 heteroatoms. The molecule has 0 radical (unpaired) electrons. The lowest BCUT2D eigenvalue weighted by Crippen LogP contribution is -2.44. The van der Waals surface area contributed by atoms with Crippen molar-refractivity contribution >= 4 is 23.5 Å². The van der Waals surface area contributed by atoms with Crippen molar-refractivity contribution in [2.45, 2.75) is 50.8 Å². The Kier molecular flexibility index (Phi) is 8.18. The maximum atomic E-state index is 14.4. The number of nitrogens with zero attached hydrogens (tertiary/aromatic N) is 1. The summed E-state index contributed by atoms with van der Waals surface area (Å²) >= 11 is 6.76. The number of carbonyl (C=O) groups excluding carboxylic acids is 2. The lowest BCUT2D eigenvalue weighted by atomic mass is 9.87. The van der Waals surface area contributed by atoms with E-state index >= 15 is 0 Å². The zero-order chi connectivity index (χ0) is 29.1. The number of ether oxygens (including phenoxy) is 2. The molecule has 0 aromatic heterocycles. The van der Waals surface area contributed by atoms with Gasteiger partial charge in [-0.2, -0.15) is 0 Å². The van der Waals surface area contributed by atoms with Crippen LogP contribution in [0.3, 0.4) is 0 Å². The highest BCUT2D eigenvalue weighted by Crippen LogP contribution is 2.49. The van der Waals surface area contributed by atoms with Gasteiger partial charge in [0.1, 0.15) is 17.4 Å². The highest BCUT2D eigenvalue weighted by molar-refractivity contribution is 6.31. The van der Waals surface area contributed by atoms with Crippen LogP contribution in [0, 0.1) is 0 Å². The summed E-state index contributed by atoms with van der Waals surface area (Å²) in [5, 5.41) is 0.549. The molecule has 0 N–H and O–H groups in total. The van der Waals surface area contributed by atoms with Gasteiger partial charge in [0.05, 0.1) is 13.2 Å². The van der Waals surface area contributed by atoms with E-state index < -0.39 is 23.7 Å². The predicted octanol–water partition coefficient (Wildman–Crippen LogP) is 8.10. The van der Waals surface area contributed by atoms with Crippen LogP contribution in [-0.4, -0.2) is 35.5 Å². The number of benzene rings is 4. The fourth-order valence-corrected chi connectivity index (χ4v) is 5.89. The second-order valence-corrected chi connectivity index (χ2v) is 11.7. The summed E-state index contributed by atoms with van der Waals surface area (Å²) in [6.45, 7) is 5.51. The van der Waals surface area contributed by atoms with E-state index in [1.807, 2.05) is 112 Å². The van der Waals surface area contributed by atoms with Crippen molar-refractivity contribution in [3.8, 4) is 16.9 Å². The summed E-state index contributed by atoms with van der Waals surface area (Å²) in [6, 6.07) is 31.4. The Morgan fingerprint density at radius 1 is 0.829 bits per heavy atom. The first kappa shape index (κ1) is 28.4. The number of hydrogen-bond acceptors (Lipinski definition) is 4. The molecule has 4 aromatic rings. The van der Waals surface area contributed by atoms with Gasteiger partial charge in [-0.25, -0.2) is 4.79 Å². The summed E-state index contributed by atoms with van der Waals surface area (Å²) in [5.41, 5.74) is 3.46. The van der Waals surface area contributed by atoms with Crippen LogP contribution in [-0.2, 0) is 9.53 Å². The van der Waals surface area contributed by atoms with E-state index in [9.17, 15) is 9.59 Å². The van der Waals surface area contributed by atoms with E-state index in [0.717, 1.165) is 28.0 Å². The molecule has 4 aromatic carbocycles. The van der Waals surface area contributed by atoms with Crippen LogP contribution in [0.25, 0.3) is 11.1 Å². The summed E-state index contributed by atoms with van der Waals surface area (Å²) < 4.78 is 11.4. The second kappa shape index (κ2) is 11.8. The molecule has 1 fully saturated rings. The monoisotopic (exact) mass is 567 g/mol. The van der Waals surface area contributed by atoms with Gasteiger partial charge in [-0.1, -0.05) is 90.5 Å². The number of likely N-dealkylation sites (tertiary alicyclic amines) is 1. The normalized spacial score (nSPS) is 18.7. The molecule has 1 heterocycles. The molecule has 3 atom stereocenters. The molecule has 1 aliphatic heterocycles. The Morgan fingerprint density at radius 3 is 2.12 bits per heavy atom. The number of amides is 1. The van der Waals surface area contributed by atoms with E-state index in [4.69, 9.17) is 21.1 Å². The zero-order valence-corrected chi connectivity index (χ0v) is 24.5. The summed E-state index contributed by atoms with van der Waals surface area (Å²) in [5.74, 6) is -0.0891. The van der Waals surface area contributed by atoms with Crippen molar-refractivity contribution in [2.75, 3.05) is 7.11 Å². The Labute approximate surface area is 246 Å². The van der Waals surface area contributed by atoms with Crippen molar-refractivity contribution in [3.05, 3.63) is 125 Å². The molecule has 1 saturated heterocycles. The first-order chi connectivity index (χ1) is 19.7. The van der Waals surface area contributed by atoms with Crippen LogP contribution in [0.4, 0.5) is 0 Å². The van der Waals surface area contributed by atoms with Gasteiger partial charge >= 0.3 is 5.97 Å². The highest BCUT2D eigenvalue weighted by atomic mass is 35.5. The second-order valence-electron chi connectivity index (χ2n) is 11.3. The van der Waals surface area contributed by atoms with Crippen molar-refractivity contribution < 1.29 is 19.1 Å². The molecule has 5 rings (SSSR count). The minimum Gasteiger partial charge on any atom is -0.496 e. The molecule has 0 unspecified atom stereocenters.